The van der Waals surface area contributed by atoms with Crippen LogP contribution in [-0.4, -0.2) is 15.0 Å². The first-order valence-electron chi connectivity index (χ1n) is 6.49. The van der Waals surface area contributed by atoms with Crippen molar-refractivity contribution in [3.8, 4) is 5.69 Å². The van der Waals surface area contributed by atoms with E-state index in [0.717, 1.165) is 11.4 Å². The molecular formula is C14H18N4. The average Bonchev–Trinajstić information content (AvgIpc) is 3.12. The van der Waals surface area contributed by atoms with Crippen LogP contribution in [0.25, 0.3) is 5.69 Å². The molecule has 2 N–H and O–H groups in total. The van der Waals surface area contributed by atoms with Crippen LogP contribution in [-0.2, 0) is 0 Å². The number of anilines is 1. The minimum absolute atomic E-state index is 0.457. The van der Waals surface area contributed by atoms with E-state index in [1.807, 2.05) is 10.7 Å². The molecule has 0 amide bonds. The van der Waals surface area contributed by atoms with Gasteiger partial charge in [0.05, 0.1) is 11.4 Å². The van der Waals surface area contributed by atoms with Crippen molar-refractivity contribution in [3.05, 3.63) is 35.5 Å². The van der Waals surface area contributed by atoms with Crippen molar-refractivity contribution in [1.82, 2.24) is 15.0 Å². The molecule has 0 spiro atoms. The Morgan fingerprint density at radius 2 is 2.00 bits per heavy atom. The second-order valence-electron chi connectivity index (χ2n) is 5.26. The fourth-order valence-corrected chi connectivity index (χ4v) is 2.39. The maximum Gasteiger partial charge on any atom is 0.169 e. The molecule has 0 bridgehead atoms. The molecule has 1 aliphatic rings. The van der Waals surface area contributed by atoms with Crippen LogP contribution < -0.4 is 5.73 Å². The molecule has 94 valence electrons. The third-order valence-electron chi connectivity index (χ3n) is 3.48. The van der Waals surface area contributed by atoms with Crippen molar-refractivity contribution in [2.75, 3.05) is 5.73 Å². The van der Waals surface area contributed by atoms with Gasteiger partial charge >= 0.3 is 0 Å². The Hall–Kier alpha value is -1.84. The molecule has 0 unspecified atom stereocenters. The summed E-state index contributed by atoms with van der Waals surface area (Å²) in [7, 11) is 0. The summed E-state index contributed by atoms with van der Waals surface area (Å²) < 4.78 is 1.93. The van der Waals surface area contributed by atoms with Crippen LogP contribution in [0.15, 0.2) is 24.3 Å². The molecule has 0 atom stereocenters. The summed E-state index contributed by atoms with van der Waals surface area (Å²) in [6.07, 6.45) is 2.39. The van der Waals surface area contributed by atoms with Crippen LogP contribution >= 0.6 is 0 Å². The highest BCUT2D eigenvalue weighted by atomic mass is 15.4. The SMILES string of the molecule is CC(C)c1ccccc1-n1nnc(N)c1C1CC1. The number of para-hydroxylation sites is 1. The Morgan fingerprint density at radius 3 is 2.67 bits per heavy atom. The molecular weight excluding hydrogens is 224 g/mol. The van der Waals surface area contributed by atoms with Crippen LogP contribution in [0.1, 0.15) is 49.8 Å². The molecule has 3 rings (SSSR count). The van der Waals surface area contributed by atoms with E-state index in [1.54, 1.807) is 0 Å². The van der Waals surface area contributed by atoms with Gasteiger partial charge in [-0.05, 0) is 30.4 Å². The van der Waals surface area contributed by atoms with E-state index in [-0.39, 0.29) is 0 Å². The van der Waals surface area contributed by atoms with Crippen molar-refractivity contribution < 1.29 is 0 Å². The molecule has 0 saturated heterocycles. The molecule has 4 heteroatoms. The lowest BCUT2D eigenvalue weighted by atomic mass is 10.0. The molecule has 0 aliphatic heterocycles. The van der Waals surface area contributed by atoms with Gasteiger partial charge in [0, 0.05) is 5.92 Å². The summed E-state index contributed by atoms with van der Waals surface area (Å²) in [6, 6.07) is 8.34. The number of hydrogen-bond acceptors (Lipinski definition) is 3. The zero-order valence-corrected chi connectivity index (χ0v) is 10.8. The molecule has 2 aromatic rings. The minimum Gasteiger partial charge on any atom is -0.381 e. The fourth-order valence-electron chi connectivity index (χ4n) is 2.39. The van der Waals surface area contributed by atoms with E-state index in [2.05, 4.69) is 42.4 Å². The lowest BCUT2D eigenvalue weighted by Gasteiger charge is -2.14. The Labute approximate surface area is 107 Å². The van der Waals surface area contributed by atoms with Crippen molar-refractivity contribution >= 4 is 5.82 Å². The highest BCUT2D eigenvalue weighted by Crippen LogP contribution is 2.43. The molecule has 1 aromatic carbocycles. The van der Waals surface area contributed by atoms with Crippen LogP contribution in [0.2, 0.25) is 0 Å². The van der Waals surface area contributed by atoms with Crippen LogP contribution in [0.3, 0.4) is 0 Å². The van der Waals surface area contributed by atoms with E-state index in [1.165, 1.54) is 18.4 Å². The van der Waals surface area contributed by atoms with E-state index >= 15 is 0 Å². The smallest absolute Gasteiger partial charge is 0.169 e. The first-order valence-corrected chi connectivity index (χ1v) is 6.49. The first-order chi connectivity index (χ1) is 8.68. The first kappa shape index (κ1) is 11.3. The van der Waals surface area contributed by atoms with E-state index in [4.69, 9.17) is 5.73 Å². The number of aromatic nitrogens is 3. The van der Waals surface area contributed by atoms with E-state index in [0.29, 0.717) is 17.7 Å². The Morgan fingerprint density at radius 1 is 1.28 bits per heavy atom. The van der Waals surface area contributed by atoms with Crippen molar-refractivity contribution in [2.45, 2.75) is 38.5 Å². The molecule has 1 saturated carbocycles. The fraction of sp³-hybridized carbons (Fsp3) is 0.429. The summed E-state index contributed by atoms with van der Waals surface area (Å²) in [6.45, 7) is 4.38. The summed E-state index contributed by atoms with van der Waals surface area (Å²) in [5.41, 5.74) is 9.43. The predicted molar refractivity (Wildman–Crippen MR) is 71.8 cm³/mol. The summed E-state index contributed by atoms with van der Waals surface area (Å²) in [5.74, 6) is 1.58. The number of rotatable bonds is 3. The molecule has 4 nitrogen and oxygen atoms in total. The summed E-state index contributed by atoms with van der Waals surface area (Å²) in [4.78, 5) is 0. The Kier molecular flexibility index (Phi) is 2.58. The van der Waals surface area contributed by atoms with Gasteiger partial charge in [0.15, 0.2) is 5.82 Å². The lowest BCUT2D eigenvalue weighted by Crippen LogP contribution is -2.06. The molecule has 1 fully saturated rings. The number of nitrogens with zero attached hydrogens (tertiary/aromatic N) is 3. The van der Waals surface area contributed by atoms with Gasteiger partial charge in [0.1, 0.15) is 0 Å². The molecule has 1 aromatic heterocycles. The van der Waals surface area contributed by atoms with Gasteiger partial charge < -0.3 is 5.73 Å². The van der Waals surface area contributed by atoms with Gasteiger partial charge in [0.25, 0.3) is 0 Å². The summed E-state index contributed by atoms with van der Waals surface area (Å²) in [5, 5.41) is 8.28. The van der Waals surface area contributed by atoms with Gasteiger partial charge in [-0.25, -0.2) is 4.68 Å². The van der Waals surface area contributed by atoms with Gasteiger partial charge in [-0.15, -0.1) is 5.10 Å². The normalized spacial score (nSPS) is 15.3. The zero-order chi connectivity index (χ0) is 12.7. The quantitative estimate of drug-likeness (QED) is 0.900. The lowest BCUT2D eigenvalue weighted by molar-refractivity contribution is 0.740. The predicted octanol–water partition coefficient (Wildman–Crippen LogP) is 2.85. The zero-order valence-electron chi connectivity index (χ0n) is 10.8. The van der Waals surface area contributed by atoms with Gasteiger partial charge in [0.2, 0.25) is 0 Å². The van der Waals surface area contributed by atoms with Crippen LogP contribution in [0, 0.1) is 0 Å². The van der Waals surface area contributed by atoms with Crippen LogP contribution in [0.4, 0.5) is 5.82 Å². The maximum absolute atomic E-state index is 5.95. The monoisotopic (exact) mass is 242 g/mol. The Bertz CT molecular complexity index is 567. The van der Waals surface area contributed by atoms with Crippen LogP contribution in [0.5, 0.6) is 0 Å². The van der Waals surface area contributed by atoms with Gasteiger partial charge in [-0.1, -0.05) is 37.3 Å². The number of hydrogen-bond donors (Lipinski definition) is 1. The highest BCUT2D eigenvalue weighted by molar-refractivity contribution is 5.48. The average molecular weight is 242 g/mol. The Balaban J connectivity index is 2.15. The molecule has 1 aliphatic carbocycles. The molecule has 1 heterocycles. The molecule has 0 radical (unpaired) electrons. The maximum atomic E-state index is 5.95. The van der Waals surface area contributed by atoms with E-state index in [9.17, 15) is 0 Å². The standard InChI is InChI=1S/C14H18N4/c1-9(2)11-5-3-4-6-12(11)18-13(10-7-8-10)14(15)16-17-18/h3-6,9-10H,7-8,15H2,1-2H3. The van der Waals surface area contributed by atoms with Crippen molar-refractivity contribution in [3.63, 3.8) is 0 Å². The highest BCUT2D eigenvalue weighted by Gasteiger charge is 2.31. The number of benzene rings is 1. The third-order valence-corrected chi connectivity index (χ3v) is 3.48. The van der Waals surface area contributed by atoms with E-state index < -0.39 is 0 Å². The second-order valence-corrected chi connectivity index (χ2v) is 5.26. The topological polar surface area (TPSA) is 56.7 Å². The third kappa shape index (κ3) is 1.78. The van der Waals surface area contributed by atoms with Gasteiger partial charge in [-0.3, -0.25) is 0 Å². The number of nitrogens with two attached hydrogens (primary N) is 1. The van der Waals surface area contributed by atoms with Crippen molar-refractivity contribution in [2.24, 2.45) is 0 Å². The van der Waals surface area contributed by atoms with Crippen molar-refractivity contribution in [1.29, 1.82) is 0 Å². The number of nitrogen functional groups attached to an aromatic ring is 1. The van der Waals surface area contributed by atoms with Gasteiger partial charge in [-0.2, -0.15) is 0 Å². The second kappa shape index (κ2) is 4.12. The molecule has 18 heavy (non-hydrogen) atoms. The largest absolute Gasteiger partial charge is 0.381 e. The summed E-state index contributed by atoms with van der Waals surface area (Å²) >= 11 is 0. The minimum atomic E-state index is 0.457.